The van der Waals surface area contributed by atoms with Crippen LogP contribution in [0.25, 0.3) is 0 Å². The molecule has 0 aliphatic carbocycles. The summed E-state index contributed by atoms with van der Waals surface area (Å²) in [5, 5.41) is 0. The second kappa shape index (κ2) is 5.87. The highest BCUT2D eigenvalue weighted by Gasteiger charge is 2.15. The number of nitrogens with zero attached hydrogens (tertiary/aromatic N) is 1. The van der Waals surface area contributed by atoms with E-state index in [1.807, 2.05) is 0 Å². The number of amides is 1. The quantitative estimate of drug-likeness (QED) is 0.885. The molecule has 0 heterocycles. The van der Waals surface area contributed by atoms with Crippen molar-refractivity contribution in [2.45, 2.75) is 6.54 Å². The van der Waals surface area contributed by atoms with Crippen LogP contribution in [0.5, 0.6) is 0 Å². The molecule has 0 radical (unpaired) electrons. The first-order chi connectivity index (χ1) is 9.88. The lowest BCUT2D eigenvalue weighted by atomic mass is 10.1. The number of hydrogen-bond donors (Lipinski definition) is 1. The molecule has 0 fully saturated rings. The summed E-state index contributed by atoms with van der Waals surface area (Å²) in [5.74, 6) is -2.61. The maximum atomic E-state index is 13.5. The third-order valence-electron chi connectivity index (χ3n) is 3.02. The number of benzene rings is 2. The highest BCUT2D eigenvalue weighted by Crippen LogP contribution is 2.16. The Bertz CT molecular complexity index is 689. The Balaban J connectivity index is 2.17. The first kappa shape index (κ1) is 14.9. The summed E-state index contributed by atoms with van der Waals surface area (Å²) in [6.45, 7) is -0.0586. The van der Waals surface area contributed by atoms with Gasteiger partial charge in [-0.15, -0.1) is 0 Å². The molecule has 0 aliphatic rings. The number of nitrogens with two attached hydrogens (primary N) is 1. The smallest absolute Gasteiger partial charge is 0.254 e. The molecule has 21 heavy (non-hydrogen) atoms. The van der Waals surface area contributed by atoms with Gasteiger partial charge in [-0.3, -0.25) is 4.79 Å². The lowest BCUT2D eigenvalue weighted by Crippen LogP contribution is -2.26. The van der Waals surface area contributed by atoms with Crippen LogP contribution < -0.4 is 5.73 Å². The van der Waals surface area contributed by atoms with Crippen molar-refractivity contribution in [3.05, 3.63) is 65.0 Å². The molecule has 3 nitrogen and oxygen atoms in total. The predicted molar refractivity (Wildman–Crippen MR) is 73.0 cm³/mol. The normalized spacial score (nSPS) is 10.5. The summed E-state index contributed by atoms with van der Waals surface area (Å²) in [4.78, 5) is 13.3. The van der Waals surface area contributed by atoms with Crippen molar-refractivity contribution in [3.8, 4) is 0 Å². The van der Waals surface area contributed by atoms with E-state index in [-0.39, 0.29) is 23.4 Å². The molecular formula is C15H13F3N2O. The average Bonchev–Trinajstić information content (AvgIpc) is 2.44. The fraction of sp³-hybridized carbons (Fsp3) is 0.133. The number of nitrogen functional groups attached to an aromatic ring is 1. The summed E-state index contributed by atoms with van der Waals surface area (Å²) < 4.78 is 39.7. The lowest BCUT2D eigenvalue weighted by molar-refractivity contribution is 0.0783. The Kier molecular flexibility index (Phi) is 4.16. The zero-order valence-corrected chi connectivity index (χ0v) is 11.2. The van der Waals surface area contributed by atoms with E-state index in [2.05, 4.69) is 0 Å². The molecule has 0 unspecified atom stereocenters. The number of rotatable bonds is 3. The number of carbonyl (C=O) groups is 1. The molecule has 0 spiro atoms. The van der Waals surface area contributed by atoms with Crippen LogP contribution in [0.4, 0.5) is 18.9 Å². The van der Waals surface area contributed by atoms with Crippen molar-refractivity contribution in [1.82, 2.24) is 4.90 Å². The second-order valence-corrected chi connectivity index (χ2v) is 4.63. The Hall–Kier alpha value is -2.50. The Morgan fingerprint density at radius 3 is 2.43 bits per heavy atom. The number of halogens is 3. The first-order valence-electron chi connectivity index (χ1n) is 6.13. The van der Waals surface area contributed by atoms with Gasteiger partial charge in [-0.1, -0.05) is 6.07 Å². The standard InChI is InChI=1S/C15H13F3N2O/c1-20(8-10-2-4-11(16)7-12(10)17)15(21)9-3-5-14(19)13(18)6-9/h2-7H,8,19H2,1H3. The minimum Gasteiger partial charge on any atom is -0.396 e. The van der Waals surface area contributed by atoms with Gasteiger partial charge in [0.15, 0.2) is 0 Å². The minimum absolute atomic E-state index is 0.0567. The van der Waals surface area contributed by atoms with E-state index in [9.17, 15) is 18.0 Å². The highest BCUT2D eigenvalue weighted by atomic mass is 19.1. The summed E-state index contributed by atoms with van der Waals surface area (Å²) >= 11 is 0. The Morgan fingerprint density at radius 1 is 1.10 bits per heavy atom. The molecule has 0 saturated carbocycles. The van der Waals surface area contributed by atoms with E-state index in [1.54, 1.807) is 0 Å². The van der Waals surface area contributed by atoms with Crippen LogP contribution in [0.1, 0.15) is 15.9 Å². The van der Waals surface area contributed by atoms with Gasteiger partial charge in [0.2, 0.25) is 0 Å². The second-order valence-electron chi connectivity index (χ2n) is 4.63. The average molecular weight is 294 g/mol. The van der Waals surface area contributed by atoms with E-state index in [0.717, 1.165) is 18.2 Å². The van der Waals surface area contributed by atoms with Gasteiger partial charge in [0.1, 0.15) is 17.5 Å². The molecule has 110 valence electrons. The van der Waals surface area contributed by atoms with Gasteiger partial charge in [-0.25, -0.2) is 13.2 Å². The largest absolute Gasteiger partial charge is 0.396 e. The van der Waals surface area contributed by atoms with Crippen molar-refractivity contribution in [1.29, 1.82) is 0 Å². The van der Waals surface area contributed by atoms with Crippen molar-refractivity contribution in [2.24, 2.45) is 0 Å². The molecule has 0 saturated heterocycles. The van der Waals surface area contributed by atoms with Gasteiger partial charge in [0.25, 0.3) is 5.91 Å². The summed E-state index contributed by atoms with van der Waals surface area (Å²) in [7, 11) is 1.44. The number of hydrogen-bond acceptors (Lipinski definition) is 2. The van der Waals surface area contributed by atoms with E-state index in [0.29, 0.717) is 0 Å². The fourth-order valence-electron chi connectivity index (χ4n) is 1.86. The number of carbonyl (C=O) groups excluding carboxylic acids is 1. The van der Waals surface area contributed by atoms with Crippen molar-refractivity contribution in [3.63, 3.8) is 0 Å². The summed E-state index contributed by atoms with van der Waals surface area (Å²) in [6, 6.07) is 6.82. The van der Waals surface area contributed by atoms with Crippen LogP contribution in [-0.2, 0) is 6.54 Å². The van der Waals surface area contributed by atoms with Gasteiger partial charge < -0.3 is 10.6 Å². The zero-order valence-electron chi connectivity index (χ0n) is 11.2. The van der Waals surface area contributed by atoms with Gasteiger partial charge in [-0.2, -0.15) is 0 Å². The summed E-state index contributed by atoms with van der Waals surface area (Å²) in [6.07, 6.45) is 0. The maximum Gasteiger partial charge on any atom is 0.254 e. The van der Waals surface area contributed by atoms with E-state index in [1.165, 1.54) is 30.1 Å². The van der Waals surface area contributed by atoms with E-state index < -0.39 is 23.4 Å². The fourth-order valence-corrected chi connectivity index (χ4v) is 1.86. The van der Waals surface area contributed by atoms with Crippen LogP contribution in [0.2, 0.25) is 0 Å². The molecule has 2 N–H and O–H groups in total. The Labute approximate surface area is 119 Å². The zero-order chi connectivity index (χ0) is 15.6. The van der Waals surface area contributed by atoms with Crippen molar-refractivity contribution in [2.75, 3.05) is 12.8 Å². The molecule has 0 aliphatic heterocycles. The topological polar surface area (TPSA) is 46.3 Å². The van der Waals surface area contributed by atoms with Crippen LogP contribution in [0, 0.1) is 17.5 Å². The lowest BCUT2D eigenvalue weighted by Gasteiger charge is -2.18. The molecule has 2 rings (SSSR count). The molecular weight excluding hydrogens is 281 g/mol. The minimum atomic E-state index is -0.738. The van der Waals surface area contributed by atoms with E-state index in [4.69, 9.17) is 5.73 Å². The third kappa shape index (κ3) is 3.34. The van der Waals surface area contributed by atoms with Crippen molar-refractivity contribution < 1.29 is 18.0 Å². The van der Waals surface area contributed by atoms with E-state index >= 15 is 0 Å². The predicted octanol–water partition coefficient (Wildman–Crippen LogP) is 2.96. The molecule has 0 bridgehead atoms. The van der Waals surface area contributed by atoms with Crippen LogP contribution in [0.15, 0.2) is 36.4 Å². The molecule has 2 aromatic rings. The Morgan fingerprint density at radius 2 is 1.81 bits per heavy atom. The first-order valence-corrected chi connectivity index (χ1v) is 6.13. The molecule has 6 heteroatoms. The molecule has 1 amide bonds. The van der Waals surface area contributed by atoms with Crippen molar-refractivity contribution >= 4 is 11.6 Å². The molecule has 2 aromatic carbocycles. The van der Waals surface area contributed by atoms with Gasteiger partial charge >= 0.3 is 0 Å². The SMILES string of the molecule is CN(Cc1ccc(F)cc1F)C(=O)c1ccc(N)c(F)c1. The van der Waals surface area contributed by atoms with Gasteiger partial charge in [0, 0.05) is 30.8 Å². The maximum absolute atomic E-state index is 13.5. The van der Waals surface area contributed by atoms with Gasteiger partial charge in [0.05, 0.1) is 5.69 Å². The van der Waals surface area contributed by atoms with Crippen LogP contribution >= 0.6 is 0 Å². The van der Waals surface area contributed by atoms with Gasteiger partial charge in [-0.05, 0) is 24.3 Å². The third-order valence-corrected chi connectivity index (χ3v) is 3.02. The van der Waals surface area contributed by atoms with Crippen LogP contribution in [0.3, 0.4) is 0 Å². The monoisotopic (exact) mass is 294 g/mol. The summed E-state index contributed by atoms with van der Waals surface area (Å²) in [5.41, 5.74) is 5.55. The molecule has 0 atom stereocenters. The highest BCUT2D eigenvalue weighted by molar-refractivity contribution is 5.94. The molecule has 0 aromatic heterocycles. The number of anilines is 1. The van der Waals surface area contributed by atoms with Crippen LogP contribution in [-0.4, -0.2) is 17.9 Å².